The van der Waals surface area contributed by atoms with Crippen LogP contribution in [0.1, 0.15) is 36.1 Å². The van der Waals surface area contributed by atoms with Crippen LogP contribution in [0.2, 0.25) is 6.55 Å². The number of aryl methyl sites for hydroxylation is 4. The number of hydrogen-bond acceptors (Lipinski definition) is 1. The number of rotatable bonds is 2. The Labute approximate surface area is 198 Å². The molecule has 0 saturated heterocycles. The molecular formula is C26H32OSiZr. The molecule has 0 N–H and O–H groups in total. The SMILES string of the molecule is C[Si]OC(C)C.Cc1[cH-]c2ccccc2c1C.Cc1[cH-]c2ccccc2c1C.[Zr+2]. The molecule has 4 rings (SSSR count). The summed E-state index contributed by atoms with van der Waals surface area (Å²) in [5.74, 6) is 0. The van der Waals surface area contributed by atoms with E-state index in [4.69, 9.17) is 4.43 Å². The van der Waals surface area contributed by atoms with Crippen LogP contribution in [-0.2, 0) is 30.6 Å². The van der Waals surface area contributed by atoms with Crippen molar-refractivity contribution in [1.29, 1.82) is 0 Å². The Hall–Kier alpha value is -1.28. The molecule has 29 heavy (non-hydrogen) atoms. The molecule has 0 atom stereocenters. The number of fused-ring (bicyclic) bond motifs is 2. The van der Waals surface area contributed by atoms with Crippen LogP contribution in [-0.4, -0.2) is 15.9 Å². The maximum absolute atomic E-state index is 5.07. The normalized spacial score (nSPS) is 10.2. The van der Waals surface area contributed by atoms with Gasteiger partial charge in [-0.25, -0.2) is 0 Å². The quantitative estimate of drug-likeness (QED) is 0.214. The van der Waals surface area contributed by atoms with E-state index in [0.717, 1.165) is 0 Å². The minimum Gasteiger partial charge on any atom is -0.415 e. The van der Waals surface area contributed by atoms with Gasteiger partial charge in [0.1, 0.15) is 0 Å². The Morgan fingerprint density at radius 3 is 1.38 bits per heavy atom. The van der Waals surface area contributed by atoms with E-state index in [-0.39, 0.29) is 26.2 Å². The van der Waals surface area contributed by atoms with Gasteiger partial charge in [-0.3, -0.25) is 0 Å². The van der Waals surface area contributed by atoms with Crippen molar-refractivity contribution in [3.05, 3.63) is 82.9 Å². The molecule has 0 aliphatic rings. The van der Waals surface area contributed by atoms with Gasteiger partial charge in [0.05, 0.1) is 0 Å². The third-order valence-corrected chi connectivity index (χ3v) is 5.72. The zero-order valence-electron chi connectivity index (χ0n) is 18.8. The third kappa shape index (κ3) is 7.17. The molecule has 0 aliphatic heterocycles. The Bertz CT molecular complexity index is 932. The van der Waals surface area contributed by atoms with Crippen molar-refractivity contribution < 1.29 is 30.6 Å². The fourth-order valence-electron chi connectivity index (χ4n) is 3.27. The largest absolute Gasteiger partial charge is 2.00 e. The summed E-state index contributed by atoms with van der Waals surface area (Å²) < 4.78 is 5.07. The first-order valence-corrected chi connectivity index (χ1v) is 11.3. The van der Waals surface area contributed by atoms with Crippen LogP contribution < -0.4 is 0 Å². The van der Waals surface area contributed by atoms with Gasteiger partial charge in [-0.1, -0.05) is 39.8 Å². The minimum atomic E-state index is 0. The molecule has 4 aromatic rings. The molecule has 0 fully saturated rings. The molecule has 0 saturated carbocycles. The van der Waals surface area contributed by atoms with Gasteiger partial charge in [0.25, 0.3) is 0 Å². The van der Waals surface area contributed by atoms with E-state index >= 15 is 0 Å². The van der Waals surface area contributed by atoms with E-state index in [9.17, 15) is 0 Å². The molecule has 0 aliphatic carbocycles. The second-order valence-corrected chi connectivity index (χ2v) is 8.09. The average molecular weight is 480 g/mol. The summed E-state index contributed by atoms with van der Waals surface area (Å²) in [5, 5.41) is 5.51. The molecule has 0 spiro atoms. The van der Waals surface area contributed by atoms with Gasteiger partial charge in [-0.2, -0.15) is 11.1 Å². The van der Waals surface area contributed by atoms with Crippen LogP contribution in [0.5, 0.6) is 0 Å². The second-order valence-electron chi connectivity index (χ2n) is 7.45. The summed E-state index contributed by atoms with van der Waals surface area (Å²) in [6.07, 6.45) is 0.410. The Balaban J connectivity index is 0.000000225. The maximum Gasteiger partial charge on any atom is 2.00 e. The summed E-state index contributed by atoms with van der Waals surface area (Å²) in [7, 11) is 0.638. The zero-order valence-corrected chi connectivity index (χ0v) is 22.2. The van der Waals surface area contributed by atoms with Crippen LogP contribution in [0.3, 0.4) is 0 Å². The van der Waals surface area contributed by atoms with Crippen molar-refractivity contribution in [2.75, 3.05) is 0 Å². The van der Waals surface area contributed by atoms with E-state index in [1.165, 1.54) is 43.8 Å². The summed E-state index contributed by atoms with van der Waals surface area (Å²) in [4.78, 5) is 0. The molecule has 0 heterocycles. The Morgan fingerprint density at radius 2 is 1.10 bits per heavy atom. The van der Waals surface area contributed by atoms with E-state index in [0.29, 0.717) is 15.9 Å². The van der Waals surface area contributed by atoms with Crippen molar-refractivity contribution in [3.63, 3.8) is 0 Å². The predicted molar refractivity (Wildman–Crippen MR) is 126 cm³/mol. The molecule has 1 nitrogen and oxygen atoms in total. The predicted octanol–water partition coefficient (Wildman–Crippen LogP) is 7.43. The first-order chi connectivity index (χ1) is 13.3. The van der Waals surface area contributed by atoms with E-state index < -0.39 is 0 Å². The monoisotopic (exact) mass is 478 g/mol. The van der Waals surface area contributed by atoms with Crippen LogP contribution in [0, 0.1) is 27.7 Å². The molecule has 4 aromatic carbocycles. The first-order valence-electron chi connectivity index (χ1n) is 9.90. The fourth-order valence-corrected chi connectivity index (χ4v) is 3.74. The van der Waals surface area contributed by atoms with Gasteiger partial charge in [0.15, 0.2) is 0 Å². The molecule has 150 valence electrons. The van der Waals surface area contributed by atoms with E-state index in [2.05, 4.69) is 88.4 Å². The van der Waals surface area contributed by atoms with Crippen molar-refractivity contribution in [3.8, 4) is 0 Å². The molecule has 0 bridgehead atoms. The Morgan fingerprint density at radius 1 is 0.724 bits per heavy atom. The zero-order chi connectivity index (χ0) is 20.7. The van der Waals surface area contributed by atoms with Gasteiger partial charge in [0.2, 0.25) is 9.76 Å². The van der Waals surface area contributed by atoms with Crippen LogP contribution in [0.25, 0.3) is 21.5 Å². The summed E-state index contributed by atoms with van der Waals surface area (Å²) in [6.45, 7) is 14.8. The Kier molecular flexibility index (Phi) is 11.0. The fraction of sp³-hybridized carbons (Fsp3) is 0.308. The smallest absolute Gasteiger partial charge is 0.415 e. The number of benzene rings is 2. The summed E-state index contributed by atoms with van der Waals surface area (Å²) >= 11 is 0. The van der Waals surface area contributed by atoms with Gasteiger partial charge in [-0.05, 0) is 20.4 Å². The molecular weight excluding hydrogens is 448 g/mol. The van der Waals surface area contributed by atoms with Gasteiger partial charge >= 0.3 is 26.2 Å². The van der Waals surface area contributed by atoms with E-state index in [1.807, 2.05) is 20.4 Å². The van der Waals surface area contributed by atoms with Crippen LogP contribution in [0.4, 0.5) is 0 Å². The van der Waals surface area contributed by atoms with Gasteiger partial charge in [-0.15, -0.1) is 81.2 Å². The molecule has 2 radical (unpaired) electrons. The van der Waals surface area contributed by atoms with Crippen molar-refractivity contribution in [1.82, 2.24) is 0 Å². The van der Waals surface area contributed by atoms with Crippen LogP contribution in [0.15, 0.2) is 60.7 Å². The maximum atomic E-state index is 5.07. The standard InChI is InChI=1S/2C11H11.C4H10OSi.Zr/c2*1-8-7-10-5-3-4-6-11(10)9(8)2;1-4(2)5-6-3;/h2*3-7H,1-2H3;4H,1-3H3;/q2*-1;;+2. The minimum absolute atomic E-state index is 0. The van der Waals surface area contributed by atoms with Crippen molar-refractivity contribution in [2.45, 2.75) is 54.2 Å². The van der Waals surface area contributed by atoms with Crippen molar-refractivity contribution >= 4 is 31.3 Å². The second kappa shape index (κ2) is 12.4. The van der Waals surface area contributed by atoms with Gasteiger partial charge in [0, 0.05) is 6.10 Å². The first kappa shape index (κ1) is 25.8. The van der Waals surface area contributed by atoms with Crippen LogP contribution >= 0.6 is 0 Å². The molecule has 0 aromatic heterocycles. The molecule has 0 unspecified atom stereocenters. The molecule has 3 heteroatoms. The molecule has 0 amide bonds. The topological polar surface area (TPSA) is 9.23 Å². The average Bonchev–Trinajstić information content (AvgIpc) is 3.13. The third-order valence-electron chi connectivity index (χ3n) is 5.01. The van der Waals surface area contributed by atoms with Crippen molar-refractivity contribution in [2.24, 2.45) is 0 Å². The van der Waals surface area contributed by atoms with Gasteiger partial charge < -0.3 is 4.43 Å². The number of hydrogen-bond donors (Lipinski definition) is 0. The summed E-state index contributed by atoms with van der Waals surface area (Å²) in [5.41, 5.74) is 5.62. The van der Waals surface area contributed by atoms with E-state index in [1.54, 1.807) is 0 Å². The summed E-state index contributed by atoms with van der Waals surface area (Å²) in [6, 6.07) is 21.5.